The van der Waals surface area contributed by atoms with E-state index in [9.17, 15) is 8.42 Å². The standard InChI is InChI=1S/C18H24Cl4N2O2S/c1-15(2,19)13-11(7-5-9-17(13,21)23)27(25,26)12-8-6-10-18(22,24)14(12)16(3,4)20/h5-10,13-14H,23-24H2,1-4H3. The van der Waals surface area contributed by atoms with Crippen molar-refractivity contribution in [2.24, 2.45) is 23.3 Å². The van der Waals surface area contributed by atoms with Crippen molar-refractivity contribution in [1.29, 1.82) is 0 Å². The van der Waals surface area contributed by atoms with E-state index in [1.54, 1.807) is 27.7 Å². The van der Waals surface area contributed by atoms with Gasteiger partial charge < -0.3 is 11.5 Å². The minimum Gasteiger partial charge on any atom is -0.309 e. The highest BCUT2D eigenvalue weighted by Gasteiger charge is 2.53. The maximum absolute atomic E-state index is 13.7. The number of nitrogens with two attached hydrogens (primary N) is 2. The lowest BCUT2D eigenvalue weighted by Crippen LogP contribution is -2.53. The van der Waals surface area contributed by atoms with Gasteiger partial charge in [-0.15, -0.1) is 23.2 Å². The Kier molecular flexibility index (Phi) is 6.07. The molecule has 0 saturated heterocycles. The normalized spacial score (nSPS) is 35.0. The quantitative estimate of drug-likeness (QED) is 0.469. The van der Waals surface area contributed by atoms with E-state index < -0.39 is 41.4 Å². The Balaban J connectivity index is 2.70. The van der Waals surface area contributed by atoms with Crippen molar-refractivity contribution in [3.63, 3.8) is 0 Å². The molecule has 0 spiro atoms. The molecule has 0 radical (unpaired) electrons. The summed E-state index contributed by atoms with van der Waals surface area (Å²) in [6.45, 7) is 6.66. The van der Waals surface area contributed by atoms with Crippen molar-refractivity contribution >= 4 is 56.2 Å². The third-order valence-electron chi connectivity index (χ3n) is 4.67. The molecule has 0 aromatic rings. The van der Waals surface area contributed by atoms with Crippen LogP contribution < -0.4 is 11.5 Å². The summed E-state index contributed by atoms with van der Waals surface area (Å²) in [7, 11) is -4.07. The Labute approximate surface area is 181 Å². The zero-order valence-corrected chi connectivity index (χ0v) is 19.4. The van der Waals surface area contributed by atoms with Crippen molar-refractivity contribution in [2.75, 3.05) is 0 Å². The summed E-state index contributed by atoms with van der Waals surface area (Å²) >= 11 is 25.9. The Morgan fingerprint density at radius 1 is 0.852 bits per heavy atom. The summed E-state index contributed by atoms with van der Waals surface area (Å²) in [6.07, 6.45) is 8.98. The van der Waals surface area contributed by atoms with Crippen molar-refractivity contribution in [2.45, 2.75) is 47.4 Å². The highest BCUT2D eigenvalue weighted by Crippen LogP contribution is 2.50. The van der Waals surface area contributed by atoms with Crippen LogP contribution in [0.5, 0.6) is 0 Å². The number of hydrogen-bond acceptors (Lipinski definition) is 4. The highest BCUT2D eigenvalue weighted by atomic mass is 35.5. The van der Waals surface area contributed by atoms with E-state index >= 15 is 0 Å². The first-order chi connectivity index (χ1) is 11.9. The van der Waals surface area contributed by atoms with E-state index in [1.807, 2.05) is 0 Å². The molecule has 4 atom stereocenters. The molecule has 0 fully saturated rings. The summed E-state index contributed by atoms with van der Waals surface area (Å²) in [5.74, 6) is -1.78. The van der Waals surface area contributed by atoms with E-state index in [1.165, 1.54) is 36.5 Å². The molecule has 2 rings (SSSR count). The van der Waals surface area contributed by atoms with Crippen molar-refractivity contribution in [1.82, 2.24) is 0 Å². The summed E-state index contributed by atoms with van der Waals surface area (Å²) in [6, 6.07) is 0. The van der Waals surface area contributed by atoms with Crippen LogP contribution in [0.2, 0.25) is 0 Å². The van der Waals surface area contributed by atoms with Gasteiger partial charge in [-0.3, -0.25) is 0 Å². The Morgan fingerprint density at radius 2 is 1.15 bits per heavy atom. The fraction of sp³-hybridized carbons (Fsp3) is 0.556. The molecule has 27 heavy (non-hydrogen) atoms. The lowest BCUT2D eigenvalue weighted by molar-refractivity contribution is 0.399. The van der Waals surface area contributed by atoms with Gasteiger partial charge in [-0.25, -0.2) is 8.42 Å². The number of hydrogen-bond donors (Lipinski definition) is 2. The van der Waals surface area contributed by atoms with Gasteiger partial charge in [-0.05, 0) is 52.0 Å². The van der Waals surface area contributed by atoms with Crippen molar-refractivity contribution in [3.8, 4) is 0 Å². The maximum Gasteiger partial charge on any atom is 0.199 e. The largest absolute Gasteiger partial charge is 0.309 e. The van der Waals surface area contributed by atoms with Crippen LogP contribution in [0.3, 0.4) is 0 Å². The zero-order valence-electron chi connectivity index (χ0n) is 15.5. The summed E-state index contributed by atoms with van der Waals surface area (Å²) < 4.78 is 27.4. The van der Waals surface area contributed by atoms with Gasteiger partial charge in [0.05, 0.1) is 9.81 Å². The minimum atomic E-state index is -4.07. The molecule has 0 aromatic carbocycles. The van der Waals surface area contributed by atoms with Crippen LogP contribution in [-0.2, 0) is 9.84 Å². The number of sulfone groups is 1. The van der Waals surface area contributed by atoms with Gasteiger partial charge in [0.25, 0.3) is 0 Å². The molecule has 0 aliphatic heterocycles. The molecule has 0 amide bonds. The van der Waals surface area contributed by atoms with Crippen LogP contribution in [0.15, 0.2) is 46.3 Å². The van der Waals surface area contributed by atoms with Crippen LogP contribution in [0.1, 0.15) is 27.7 Å². The molecule has 2 aliphatic carbocycles. The van der Waals surface area contributed by atoms with E-state index in [2.05, 4.69) is 0 Å². The third kappa shape index (κ3) is 4.45. The molecule has 9 heteroatoms. The fourth-order valence-electron chi connectivity index (χ4n) is 3.76. The number of halogens is 4. The second-order valence-corrected chi connectivity index (χ2v) is 13.2. The minimum absolute atomic E-state index is 0.00225. The first kappa shape index (κ1) is 23.3. The molecule has 4 N–H and O–H groups in total. The molecule has 0 aromatic heterocycles. The van der Waals surface area contributed by atoms with Gasteiger partial charge in [0.15, 0.2) is 9.84 Å². The summed E-state index contributed by atoms with van der Waals surface area (Å²) in [5.41, 5.74) is 12.4. The summed E-state index contributed by atoms with van der Waals surface area (Å²) in [5, 5.41) is 0. The molecular formula is C18H24Cl4N2O2S. The zero-order chi connectivity index (χ0) is 21.1. The fourth-order valence-corrected chi connectivity index (χ4v) is 8.04. The van der Waals surface area contributed by atoms with Crippen LogP contribution in [0.25, 0.3) is 0 Å². The molecule has 0 saturated carbocycles. The number of rotatable bonds is 4. The predicted octanol–water partition coefficient (Wildman–Crippen LogP) is 4.36. The van der Waals surface area contributed by atoms with Gasteiger partial charge in [0.1, 0.15) is 10.00 Å². The first-order valence-electron chi connectivity index (χ1n) is 8.29. The van der Waals surface area contributed by atoms with E-state index in [4.69, 9.17) is 57.9 Å². The highest BCUT2D eigenvalue weighted by molar-refractivity contribution is 7.99. The molecule has 0 bridgehead atoms. The maximum atomic E-state index is 13.7. The molecular weight excluding hydrogens is 450 g/mol. The third-order valence-corrected chi connectivity index (χ3v) is 7.78. The summed E-state index contributed by atoms with van der Waals surface area (Å²) in [4.78, 5) is -5.03. The van der Waals surface area contributed by atoms with Crippen LogP contribution in [0.4, 0.5) is 0 Å². The molecule has 4 unspecified atom stereocenters. The molecule has 0 heterocycles. The van der Waals surface area contributed by atoms with Gasteiger partial charge in [0, 0.05) is 21.6 Å². The molecule has 4 nitrogen and oxygen atoms in total. The van der Waals surface area contributed by atoms with E-state index in [0.29, 0.717) is 0 Å². The molecule has 152 valence electrons. The van der Waals surface area contributed by atoms with Crippen molar-refractivity contribution < 1.29 is 8.42 Å². The van der Waals surface area contributed by atoms with Crippen LogP contribution in [0, 0.1) is 11.8 Å². The second-order valence-electron chi connectivity index (χ2n) is 8.01. The Hall–Kier alpha value is -0.0100. The number of alkyl halides is 4. The van der Waals surface area contributed by atoms with E-state index in [-0.39, 0.29) is 9.81 Å². The molecule has 2 aliphatic rings. The average molecular weight is 474 g/mol. The second kappa shape index (κ2) is 7.05. The van der Waals surface area contributed by atoms with Gasteiger partial charge >= 0.3 is 0 Å². The topological polar surface area (TPSA) is 86.2 Å². The first-order valence-corrected chi connectivity index (χ1v) is 11.3. The predicted molar refractivity (Wildman–Crippen MR) is 116 cm³/mol. The SMILES string of the molecule is CC(C)(Cl)C1C(S(=O)(=O)C2=CC=CC(N)(Cl)C2C(C)(C)Cl)=CC=CC1(N)Cl. The monoisotopic (exact) mass is 472 g/mol. The van der Waals surface area contributed by atoms with Crippen LogP contribution >= 0.6 is 46.4 Å². The smallest absolute Gasteiger partial charge is 0.199 e. The van der Waals surface area contributed by atoms with E-state index in [0.717, 1.165) is 0 Å². The Bertz CT molecular complexity index is 778. The van der Waals surface area contributed by atoms with Crippen molar-refractivity contribution in [3.05, 3.63) is 46.3 Å². The average Bonchev–Trinajstić information content (AvgIpc) is 2.41. The number of allylic oxidation sites excluding steroid dienone is 4. The lowest BCUT2D eigenvalue weighted by atomic mass is 9.84. The lowest BCUT2D eigenvalue weighted by Gasteiger charge is -2.43. The Morgan fingerprint density at radius 3 is 1.41 bits per heavy atom. The van der Waals surface area contributed by atoms with Crippen LogP contribution in [-0.4, -0.2) is 28.2 Å². The van der Waals surface area contributed by atoms with Gasteiger partial charge in [0.2, 0.25) is 0 Å². The van der Waals surface area contributed by atoms with Gasteiger partial charge in [-0.2, -0.15) is 0 Å². The van der Waals surface area contributed by atoms with Gasteiger partial charge in [-0.1, -0.05) is 35.4 Å².